The van der Waals surface area contributed by atoms with Gasteiger partial charge in [-0.15, -0.1) is 0 Å². The lowest BCUT2D eigenvalue weighted by molar-refractivity contribution is -0.115. The molecule has 1 amide bonds. The Morgan fingerprint density at radius 1 is 0.829 bits per heavy atom. The summed E-state index contributed by atoms with van der Waals surface area (Å²) in [5, 5.41) is 3.39. The molecule has 1 aliphatic rings. The van der Waals surface area contributed by atoms with Gasteiger partial charge in [-0.1, -0.05) is 70.0 Å². The molecule has 41 heavy (non-hydrogen) atoms. The van der Waals surface area contributed by atoms with Crippen LogP contribution in [0.15, 0.2) is 105 Å². The zero-order valence-corrected chi connectivity index (χ0v) is 25.1. The van der Waals surface area contributed by atoms with E-state index in [0.29, 0.717) is 47.1 Å². The second-order valence-corrected chi connectivity index (χ2v) is 11.2. The van der Waals surface area contributed by atoms with E-state index >= 15 is 0 Å². The fourth-order valence-electron chi connectivity index (χ4n) is 4.05. The van der Waals surface area contributed by atoms with Gasteiger partial charge in [-0.2, -0.15) is 0 Å². The minimum Gasteiger partial charge on any atom is -0.490 e. The molecule has 0 bridgehead atoms. The first kappa shape index (κ1) is 28.5. The maximum absolute atomic E-state index is 12.7. The number of hydrogen-bond donors (Lipinski definition) is 1. The number of hydrogen-bond acceptors (Lipinski definition) is 6. The van der Waals surface area contributed by atoms with Crippen molar-refractivity contribution in [1.82, 2.24) is 5.32 Å². The fraction of sp³-hybridized carbons (Fsp3) is 0.152. The van der Waals surface area contributed by atoms with Gasteiger partial charge in [-0.25, -0.2) is 4.99 Å². The summed E-state index contributed by atoms with van der Waals surface area (Å²) in [4.78, 5) is 17.8. The van der Waals surface area contributed by atoms with Gasteiger partial charge in [-0.3, -0.25) is 4.79 Å². The van der Waals surface area contributed by atoms with E-state index in [9.17, 15) is 4.79 Å². The predicted octanol–water partition coefficient (Wildman–Crippen LogP) is 8.21. The van der Waals surface area contributed by atoms with Crippen LogP contribution in [0.2, 0.25) is 0 Å². The molecule has 0 spiro atoms. The smallest absolute Gasteiger partial charge is 0.264 e. The number of amidine groups is 1. The monoisotopic (exact) mass is 628 g/mol. The molecule has 0 saturated carbocycles. The van der Waals surface area contributed by atoms with Gasteiger partial charge in [-0.05, 0) is 85.3 Å². The van der Waals surface area contributed by atoms with Gasteiger partial charge in [0.2, 0.25) is 0 Å². The Bertz CT molecular complexity index is 1590. The third-order valence-electron chi connectivity index (χ3n) is 6.11. The standard InChI is InChI=1S/C33H29BrN2O4S/c1-3-38-30-17-24(11-15-29(30)40-20-23-7-5-4-6-8-23)21-39-28-16-12-26(34)18-25(28)19-31-32(37)36-33(41-31)35-27-13-9-22(2)10-14-27/h4-19H,3,20-21H2,1-2H3,(H,35,36,37)/b31-19+. The average Bonchev–Trinajstić information content (AvgIpc) is 3.32. The molecule has 0 aromatic heterocycles. The summed E-state index contributed by atoms with van der Waals surface area (Å²) in [5.74, 6) is 1.81. The summed E-state index contributed by atoms with van der Waals surface area (Å²) in [6, 6.07) is 29.4. The van der Waals surface area contributed by atoms with Crippen LogP contribution in [-0.2, 0) is 18.0 Å². The lowest BCUT2D eigenvalue weighted by Gasteiger charge is -2.15. The van der Waals surface area contributed by atoms with Crippen molar-refractivity contribution in [2.45, 2.75) is 27.1 Å². The topological polar surface area (TPSA) is 69.2 Å². The van der Waals surface area contributed by atoms with Gasteiger partial charge in [0.1, 0.15) is 19.0 Å². The van der Waals surface area contributed by atoms with Crippen LogP contribution in [0.5, 0.6) is 17.2 Å². The molecule has 0 atom stereocenters. The number of carbonyl (C=O) groups is 1. The van der Waals surface area contributed by atoms with Gasteiger partial charge < -0.3 is 19.5 Å². The van der Waals surface area contributed by atoms with E-state index in [1.807, 2.05) is 111 Å². The second-order valence-electron chi connectivity index (χ2n) is 9.28. The van der Waals surface area contributed by atoms with E-state index in [0.717, 1.165) is 32.4 Å². The van der Waals surface area contributed by atoms with Crippen molar-refractivity contribution < 1.29 is 19.0 Å². The van der Waals surface area contributed by atoms with Crippen molar-refractivity contribution in [2.75, 3.05) is 6.61 Å². The molecule has 5 rings (SSSR count). The Morgan fingerprint density at radius 3 is 2.34 bits per heavy atom. The number of carbonyl (C=O) groups excluding carboxylic acids is 1. The lowest BCUT2D eigenvalue weighted by Crippen LogP contribution is -2.19. The number of nitrogens with one attached hydrogen (secondary N) is 1. The Morgan fingerprint density at radius 2 is 1.56 bits per heavy atom. The molecule has 0 unspecified atom stereocenters. The number of benzene rings is 4. The number of nitrogens with zero attached hydrogens (tertiary/aromatic N) is 1. The summed E-state index contributed by atoms with van der Waals surface area (Å²) >= 11 is 4.84. The summed E-state index contributed by atoms with van der Waals surface area (Å²) in [7, 11) is 0. The van der Waals surface area contributed by atoms with Crippen LogP contribution in [0, 0.1) is 6.92 Å². The minimum absolute atomic E-state index is 0.195. The molecule has 1 fully saturated rings. The maximum Gasteiger partial charge on any atom is 0.264 e. The maximum atomic E-state index is 12.7. The summed E-state index contributed by atoms with van der Waals surface area (Å²) in [6.45, 7) is 5.26. The molecule has 8 heteroatoms. The molecule has 0 aliphatic carbocycles. The van der Waals surface area contributed by atoms with Crippen molar-refractivity contribution in [3.63, 3.8) is 0 Å². The molecule has 1 aliphatic heterocycles. The Hall–Kier alpha value is -4.01. The summed E-state index contributed by atoms with van der Waals surface area (Å²) in [5.41, 5.74) is 4.74. The Kier molecular flexibility index (Phi) is 9.44. The van der Waals surface area contributed by atoms with Crippen LogP contribution < -0.4 is 19.5 Å². The van der Waals surface area contributed by atoms with Gasteiger partial charge >= 0.3 is 0 Å². The molecular formula is C33H29BrN2O4S. The van der Waals surface area contributed by atoms with E-state index < -0.39 is 0 Å². The Labute approximate surface area is 252 Å². The number of aryl methyl sites for hydroxylation is 1. The van der Waals surface area contributed by atoms with E-state index in [2.05, 4.69) is 26.2 Å². The zero-order valence-electron chi connectivity index (χ0n) is 22.7. The second kappa shape index (κ2) is 13.6. The van der Waals surface area contributed by atoms with Crippen molar-refractivity contribution in [2.24, 2.45) is 4.99 Å². The summed E-state index contributed by atoms with van der Waals surface area (Å²) < 4.78 is 19.0. The molecular weight excluding hydrogens is 600 g/mol. The highest BCUT2D eigenvalue weighted by Crippen LogP contribution is 2.34. The zero-order chi connectivity index (χ0) is 28.6. The van der Waals surface area contributed by atoms with E-state index in [-0.39, 0.29) is 5.91 Å². The van der Waals surface area contributed by atoms with Gasteiger partial charge in [0, 0.05) is 10.0 Å². The number of amides is 1. The van der Waals surface area contributed by atoms with Crippen molar-refractivity contribution in [3.05, 3.63) is 123 Å². The predicted molar refractivity (Wildman–Crippen MR) is 169 cm³/mol. The van der Waals surface area contributed by atoms with Crippen molar-refractivity contribution in [3.8, 4) is 17.2 Å². The van der Waals surface area contributed by atoms with Crippen LogP contribution >= 0.6 is 27.7 Å². The molecule has 1 saturated heterocycles. The number of thioether (sulfide) groups is 1. The first-order valence-corrected chi connectivity index (χ1v) is 14.8. The molecule has 0 radical (unpaired) electrons. The van der Waals surface area contributed by atoms with Crippen LogP contribution in [0.3, 0.4) is 0 Å². The molecule has 4 aromatic rings. The van der Waals surface area contributed by atoms with Crippen LogP contribution in [0.4, 0.5) is 5.69 Å². The highest BCUT2D eigenvalue weighted by Gasteiger charge is 2.24. The van der Waals surface area contributed by atoms with Crippen LogP contribution in [-0.4, -0.2) is 17.7 Å². The van der Waals surface area contributed by atoms with E-state index in [1.54, 1.807) is 0 Å². The van der Waals surface area contributed by atoms with Crippen LogP contribution in [0.1, 0.15) is 29.2 Å². The Balaban J connectivity index is 1.30. The summed E-state index contributed by atoms with van der Waals surface area (Å²) in [6.07, 6.45) is 1.82. The average molecular weight is 630 g/mol. The SMILES string of the molecule is CCOc1cc(COc2ccc(Br)cc2/C=C2/SC(=Nc3ccc(C)cc3)NC2=O)ccc1OCc1ccccc1. The quantitative estimate of drug-likeness (QED) is 0.179. The number of ether oxygens (including phenoxy) is 3. The molecule has 4 aromatic carbocycles. The van der Waals surface area contributed by atoms with Gasteiger partial charge in [0.25, 0.3) is 5.91 Å². The van der Waals surface area contributed by atoms with E-state index in [4.69, 9.17) is 14.2 Å². The van der Waals surface area contributed by atoms with Gasteiger partial charge in [0.15, 0.2) is 16.7 Å². The van der Waals surface area contributed by atoms with Gasteiger partial charge in [0.05, 0.1) is 17.2 Å². The highest BCUT2D eigenvalue weighted by atomic mass is 79.9. The van der Waals surface area contributed by atoms with E-state index in [1.165, 1.54) is 11.8 Å². The fourth-order valence-corrected chi connectivity index (χ4v) is 5.26. The minimum atomic E-state index is -0.195. The first-order valence-electron chi connectivity index (χ1n) is 13.2. The number of aliphatic imine (C=N–C) groups is 1. The molecule has 208 valence electrons. The molecule has 1 N–H and O–H groups in total. The lowest BCUT2D eigenvalue weighted by atomic mass is 10.1. The largest absolute Gasteiger partial charge is 0.490 e. The van der Waals surface area contributed by atoms with Crippen LogP contribution in [0.25, 0.3) is 6.08 Å². The number of rotatable bonds is 10. The third kappa shape index (κ3) is 7.80. The van der Waals surface area contributed by atoms with Crippen molar-refractivity contribution >= 4 is 50.5 Å². The molecule has 1 heterocycles. The van der Waals surface area contributed by atoms with Crippen molar-refractivity contribution in [1.29, 1.82) is 0 Å². The highest BCUT2D eigenvalue weighted by molar-refractivity contribution is 9.10. The third-order valence-corrected chi connectivity index (χ3v) is 7.52. The molecule has 6 nitrogen and oxygen atoms in total. The first-order chi connectivity index (χ1) is 20.0. The number of halogens is 1. The normalized spacial score (nSPS) is 14.8.